The number of amides is 1. The summed E-state index contributed by atoms with van der Waals surface area (Å²) in [6.45, 7) is -1.30. The van der Waals surface area contributed by atoms with Crippen LogP contribution in [0.3, 0.4) is 0 Å². The number of nitrogens with zero attached hydrogens (tertiary/aromatic N) is 4. The Bertz CT molecular complexity index is 1170. The maximum atomic E-state index is 13.1. The molecule has 8 nitrogen and oxygen atoms in total. The predicted octanol–water partition coefficient (Wildman–Crippen LogP) is 4.64. The topological polar surface area (TPSA) is 107 Å². The predicted molar refractivity (Wildman–Crippen MR) is 108 cm³/mol. The van der Waals surface area contributed by atoms with E-state index in [2.05, 4.69) is 25.3 Å². The molecular formula is C20H18F6N6O2. The lowest BCUT2D eigenvalue weighted by Gasteiger charge is -2.14. The maximum absolute atomic E-state index is 13.1. The third kappa shape index (κ3) is 6.66. The summed E-state index contributed by atoms with van der Waals surface area (Å²) >= 11 is 0. The van der Waals surface area contributed by atoms with Crippen LogP contribution in [-0.4, -0.2) is 35.1 Å². The van der Waals surface area contributed by atoms with Crippen molar-refractivity contribution in [3.63, 3.8) is 0 Å². The highest BCUT2D eigenvalue weighted by molar-refractivity contribution is 5.78. The molecule has 0 spiro atoms. The molecule has 0 aliphatic rings. The van der Waals surface area contributed by atoms with Crippen molar-refractivity contribution < 1.29 is 35.9 Å². The van der Waals surface area contributed by atoms with Gasteiger partial charge in [-0.2, -0.15) is 18.3 Å². The summed E-state index contributed by atoms with van der Waals surface area (Å²) in [5, 5.41) is 10.1. The van der Waals surface area contributed by atoms with E-state index in [1.54, 1.807) is 24.3 Å². The third-order valence-electron chi connectivity index (χ3n) is 4.53. The molecule has 0 aliphatic heterocycles. The van der Waals surface area contributed by atoms with Gasteiger partial charge in [0.25, 0.3) is 5.95 Å². The van der Waals surface area contributed by atoms with E-state index in [1.807, 2.05) is 0 Å². The van der Waals surface area contributed by atoms with Crippen LogP contribution in [-0.2, 0) is 15.7 Å². The fourth-order valence-electron chi connectivity index (χ4n) is 2.98. The van der Waals surface area contributed by atoms with Crippen molar-refractivity contribution in [2.24, 2.45) is 10.2 Å². The van der Waals surface area contributed by atoms with Gasteiger partial charge in [0.1, 0.15) is 6.04 Å². The van der Waals surface area contributed by atoms with Crippen molar-refractivity contribution in [1.29, 1.82) is 0 Å². The zero-order valence-electron chi connectivity index (χ0n) is 17.3. The Labute approximate surface area is 188 Å². The van der Waals surface area contributed by atoms with Gasteiger partial charge in [0.15, 0.2) is 0 Å². The van der Waals surface area contributed by atoms with Crippen LogP contribution >= 0.6 is 0 Å². The monoisotopic (exact) mass is 488 g/mol. The number of nitrogens with two attached hydrogens (primary N) is 1. The Morgan fingerprint density at radius 2 is 1.85 bits per heavy atom. The van der Waals surface area contributed by atoms with Crippen molar-refractivity contribution in [3.05, 3.63) is 59.7 Å². The highest BCUT2D eigenvalue weighted by Gasteiger charge is 2.31. The maximum Gasteiger partial charge on any atom is 0.522 e. The van der Waals surface area contributed by atoms with Gasteiger partial charge in [0.2, 0.25) is 5.91 Å². The molecular weight excluding hydrogens is 470 g/mol. The first-order valence-electron chi connectivity index (χ1n) is 9.72. The zero-order chi connectivity index (χ0) is 24.9. The average molecular weight is 488 g/mol. The summed E-state index contributed by atoms with van der Waals surface area (Å²) in [5.74, 6) is 5.10. The summed E-state index contributed by atoms with van der Waals surface area (Å²) < 4.78 is 80.3. The van der Waals surface area contributed by atoms with E-state index >= 15 is 0 Å². The Balaban J connectivity index is 1.82. The molecule has 0 bridgehead atoms. The number of azo groups is 1. The van der Waals surface area contributed by atoms with Crippen molar-refractivity contribution in [1.82, 2.24) is 15.0 Å². The molecule has 0 saturated carbocycles. The lowest BCUT2D eigenvalue weighted by molar-refractivity contribution is -0.323. The number of benzene rings is 2. The number of hydrogen-bond donors (Lipinski definition) is 2. The fourth-order valence-corrected chi connectivity index (χ4v) is 2.98. The van der Waals surface area contributed by atoms with Crippen LogP contribution in [0.5, 0.6) is 0 Å². The van der Waals surface area contributed by atoms with Gasteiger partial charge in [-0.1, -0.05) is 24.3 Å². The summed E-state index contributed by atoms with van der Waals surface area (Å²) in [4.78, 5) is 16.4. The first kappa shape index (κ1) is 25.0. The number of rotatable bonds is 8. The molecule has 0 fully saturated rings. The smallest absolute Gasteiger partial charge is 0.354 e. The minimum absolute atomic E-state index is 0.0138. The van der Waals surface area contributed by atoms with Crippen LogP contribution in [0.25, 0.3) is 11.0 Å². The largest absolute Gasteiger partial charge is 0.522 e. The number of aromatic nitrogens is 2. The molecule has 34 heavy (non-hydrogen) atoms. The number of ether oxygens (including phenoxy) is 1. The van der Waals surface area contributed by atoms with E-state index in [0.29, 0.717) is 11.0 Å². The van der Waals surface area contributed by atoms with Crippen LogP contribution in [0.2, 0.25) is 0 Å². The SMILES string of the molecule is Nn1c(N=NC(CC(=O)NCCOC(F)(F)F)c2cccc(C(F)(F)F)c2)nc2ccccc21. The van der Waals surface area contributed by atoms with Gasteiger partial charge in [0, 0.05) is 6.54 Å². The van der Waals surface area contributed by atoms with Crippen LogP contribution < -0.4 is 11.2 Å². The zero-order valence-corrected chi connectivity index (χ0v) is 17.3. The molecule has 182 valence electrons. The second-order valence-corrected chi connectivity index (χ2v) is 6.97. The quantitative estimate of drug-likeness (QED) is 0.209. The number of para-hydroxylation sites is 2. The van der Waals surface area contributed by atoms with Crippen molar-refractivity contribution in [3.8, 4) is 0 Å². The van der Waals surface area contributed by atoms with E-state index < -0.39 is 49.6 Å². The molecule has 3 rings (SSSR count). The van der Waals surface area contributed by atoms with E-state index in [0.717, 1.165) is 22.9 Å². The Morgan fingerprint density at radius 3 is 2.53 bits per heavy atom. The highest BCUT2D eigenvalue weighted by atomic mass is 19.4. The normalized spacial score (nSPS) is 13.5. The van der Waals surface area contributed by atoms with Crippen molar-refractivity contribution >= 4 is 22.9 Å². The number of alkyl halides is 6. The number of fused-ring (bicyclic) bond motifs is 1. The molecule has 2 aromatic carbocycles. The van der Waals surface area contributed by atoms with E-state index in [-0.39, 0.29) is 11.5 Å². The number of nitrogens with one attached hydrogen (secondary N) is 1. The molecule has 0 radical (unpaired) electrons. The first-order valence-corrected chi connectivity index (χ1v) is 9.72. The van der Waals surface area contributed by atoms with E-state index in [4.69, 9.17) is 5.84 Å². The third-order valence-corrected chi connectivity index (χ3v) is 4.53. The van der Waals surface area contributed by atoms with Gasteiger partial charge in [-0.05, 0) is 29.8 Å². The molecule has 1 amide bonds. The second kappa shape index (κ2) is 10.1. The van der Waals surface area contributed by atoms with Gasteiger partial charge in [0.05, 0.1) is 29.6 Å². The molecule has 1 heterocycles. The molecule has 0 saturated heterocycles. The average Bonchev–Trinajstić information content (AvgIpc) is 3.09. The van der Waals surface area contributed by atoms with E-state index in [9.17, 15) is 31.1 Å². The molecule has 1 atom stereocenters. The van der Waals surface area contributed by atoms with Gasteiger partial charge >= 0.3 is 12.5 Å². The number of carbonyl (C=O) groups excluding carboxylic acids is 1. The number of imidazole rings is 1. The molecule has 3 N–H and O–H groups in total. The molecule has 3 aromatic rings. The first-order chi connectivity index (χ1) is 15.9. The standard InChI is InChI=1S/C20H18F6N6O2/c21-19(22,23)13-5-3-4-12(10-13)15(11-17(33)28-8-9-34-20(24,25)26)30-31-18-29-14-6-1-2-7-16(14)32(18)27/h1-7,10,15H,8-9,11,27H2,(H,28,33). The minimum atomic E-state index is -4.85. The molecule has 0 aliphatic carbocycles. The minimum Gasteiger partial charge on any atom is -0.354 e. The summed E-state index contributed by atoms with van der Waals surface area (Å²) in [6, 6.07) is 9.70. The fraction of sp³-hybridized carbons (Fsp3) is 0.300. The van der Waals surface area contributed by atoms with Crippen LogP contribution in [0.4, 0.5) is 32.3 Å². The number of halogens is 6. The summed E-state index contributed by atoms with van der Waals surface area (Å²) in [7, 11) is 0. The van der Waals surface area contributed by atoms with Crippen molar-refractivity contribution in [2.75, 3.05) is 19.0 Å². The van der Waals surface area contributed by atoms with Gasteiger partial charge < -0.3 is 11.2 Å². The van der Waals surface area contributed by atoms with Gasteiger partial charge in [-0.3, -0.25) is 9.53 Å². The van der Waals surface area contributed by atoms with Crippen molar-refractivity contribution in [2.45, 2.75) is 25.0 Å². The molecule has 1 unspecified atom stereocenters. The Morgan fingerprint density at radius 1 is 1.12 bits per heavy atom. The second-order valence-electron chi connectivity index (χ2n) is 6.97. The number of hydrogen-bond acceptors (Lipinski definition) is 6. The summed E-state index contributed by atoms with van der Waals surface area (Å²) in [6.07, 6.45) is -9.99. The van der Waals surface area contributed by atoms with Crippen LogP contribution in [0.15, 0.2) is 58.8 Å². The molecule has 14 heteroatoms. The Kier molecular flexibility index (Phi) is 7.39. The van der Waals surface area contributed by atoms with Gasteiger partial charge in [-0.25, -0.2) is 9.66 Å². The highest BCUT2D eigenvalue weighted by Crippen LogP contribution is 2.33. The molecule has 1 aromatic heterocycles. The Hall–Kier alpha value is -3.68. The summed E-state index contributed by atoms with van der Waals surface area (Å²) in [5.41, 5.74) is 0.0710. The van der Waals surface area contributed by atoms with Crippen LogP contribution in [0.1, 0.15) is 23.6 Å². The number of nitrogen functional groups attached to an aromatic ring is 1. The van der Waals surface area contributed by atoms with Crippen LogP contribution in [0, 0.1) is 0 Å². The van der Waals surface area contributed by atoms with Gasteiger partial charge in [-0.15, -0.1) is 18.3 Å². The lowest BCUT2D eigenvalue weighted by atomic mass is 10.0. The number of carbonyl (C=O) groups is 1. The lowest BCUT2D eigenvalue weighted by Crippen LogP contribution is -2.30. The van der Waals surface area contributed by atoms with E-state index in [1.165, 1.54) is 6.07 Å².